The topological polar surface area (TPSA) is 83.4 Å². The highest BCUT2D eigenvalue weighted by molar-refractivity contribution is 6.12. The standard InChI is InChI=1S/C30H29NO6/c1-30(2,3)23-13-11-21(12-14-23)27-31-24(29(33)37-27)16-20-8-15-25(26(17-20)34-4)36-18-19-6-9-22(10-7-19)28(32)35-5/h6-17H,18H2,1-5H3. The van der Waals surface area contributed by atoms with Gasteiger partial charge in [0, 0.05) is 5.56 Å². The Bertz CT molecular complexity index is 1360. The van der Waals surface area contributed by atoms with Gasteiger partial charge in [-0.15, -0.1) is 0 Å². The quantitative estimate of drug-likeness (QED) is 0.306. The van der Waals surface area contributed by atoms with E-state index < -0.39 is 5.97 Å². The van der Waals surface area contributed by atoms with Gasteiger partial charge in [-0.05, 0) is 64.6 Å². The average molecular weight is 500 g/mol. The molecule has 0 spiro atoms. The summed E-state index contributed by atoms with van der Waals surface area (Å²) in [6, 6.07) is 20.2. The van der Waals surface area contributed by atoms with Crippen molar-refractivity contribution in [3.05, 3.63) is 100 Å². The van der Waals surface area contributed by atoms with Crippen LogP contribution >= 0.6 is 0 Å². The number of aliphatic imine (C=N–C) groups is 1. The Kier molecular flexibility index (Phi) is 7.43. The predicted molar refractivity (Wildman–Crippen MR) is 141 cm³/mol. The zero-order chi connectivity index (χ0) is 26.6. The van der Waals surface area contributed by atoms with Gasteiger partial charge in [0.05, 0.1) is 19.8 Å². The van der Waals surface area contributed by atoms with Gasteiger partial charge in [0.25, 0.3) is 0 Å². The van der Waals surface area contributed by atoms with E-state index in [1.165, 1.54) is 12.7 Å². The van der Waals surface area contributed by atoms with E-state index >= 15 is 0 Å². The fraction of sp³-hybridized carbons (Fsp3) is 0.233. The van der Waals surface area contributed by atoms with Crippen molar-refractivity contribution in [3.63, 3.8) is 0 Å². The van der Waals surface area contributed by atoms with Crippen LogP contribution in [-0.2, 0) is 26.3 Å². The molecule has 37 heavy (non-hydrogen) atoms. The Hall–Kier alpha value is -4.39. The molecule has 0 aliphatic carbocycles. The maximum Gasteiger partial charge on any atom is 0.363 e. The van der Waals surface area contributed by atoms with E-state index in [-0.39, 0.29) is 29.6 Å². The van der Waals surface area contributed by atoms with Crippen molar-refractivity contribution in [1.82, 2.24) is 0 Å². The highest BCUT2D eigenvalue weighted by atomic mass is 16.6. The molecule has 7 nitrogen and oxygen atoms in total. The number of ether oxygens (including phenoxy) is 4. The number of nitrogens with zero attached hydrogens (tertiary/aromatic N) is 1. The summed E-state index contributed by atoms with van der Waals surface area (Å²) in [4.78, 5) is 28.5. The Morgan fingerprint density at radius 1 is 0.946 bits per heavy atom. The maximum absolute atomic E-state index is 12.5. The first-order valence-corrected chi connectivity index (χ1v) is 11.8. The van der Waals surface area contributed by atoms with Crippen LogP contribution in [0.25, 0.3) is 6.08 Å². The van der Waals surface area contributed by atoms with Gasteiger partial charge in [-0.25, -0.2) is 14.6 Å². The van der Waals surface area contributed by atoms with Crippen LogP contribution < -0.4 is 9.47 Å². The van der Waals surface area contributed by atoms with Crippen molar-refractivity contribution >= 4 is 23.9 Å². The lowest BCUT2D eigenvalue weighted by molar-refractivity contribution is -0.129. The van der Waals surface area contributed by atoms with E-state index in [1.54, 1.807) is 49.6 Å². The number of carbonyl (C=O) groups excluding carboxylic acids is 2. The third kappa shape index (κ3) is 6.06. The number of esters is 2. The highest BCUT2D eigenvalue weighted by Gasteiger charge is 2.25. The first kappa shape index (κ1) is 25.7. The molecular weight excluding hydrogens is 470 g/mol. The molecule has 0 bridgehead atoms. The first-order valence-electron chi connectivity index (χ1n) is 11.8. The van der Waals surface area contributed by atoms with E-state index in [4.69, 9.17) is 18.9 Å². The molecule has 190 valence electrons. The number of hydrogen-bond donors (Lipinski definition) is 0. The number of hydrogen-bond acceptors (Lipinski definition) is 7. The van der Waals surface area contributed by atoms with E-state index in [0.29, 0.717) is 22.6 Å². The van der Waals surface area contributed by atoms with Crippen molar-refractivity contribution in [1.29, 1.82) is 0 Å². The number of cyclic esters (lactones) is 1. The minimum Gasteiger partial charge on any atom is -0.493 e. The largest absolute Gasteiger partial charge is 0.493 e. The van der Waals surface area contributed by atoms with Crippen LogP contribution in [0, 0.1) is 0 Å². The lowest BCUT2D eigenvalue weighted by Gasteiger charge is -2.18. The van der Waals surface area contributed by atoms with Crippen LogP contribution in [0.4, 0.5) is 0 Å². The van der Waals surface area contributed by atoms with Crippen LogP contribution in [0.2, 0.25) is 0 Å². The summed E-state index contributed by atoms with van der Waals surface area (Å²) in [5.41, 5.74) is 4.23. The molecule has 0 N–H and O–H groups in total. The molecule has 0 aromatic heterocycles. The third-order valence-electron chi connectivity index (χ3n) is 5.88. The van der Waals surface area contributed by atoms with Crippen molar-refractivity contribution in [3.8, 4) is 11.5 Å². The van der Waals surface area contributed by atoms with Gasteiger partial charge in [0.1, 0.15) is 6.61 Å². The molecule has 0 saturated carbocycles. The van der Waals surface area contributed by atoms with E-state index in [9.17, 15) is 9.59 Å². The summed E-state index contributed by atoms with van der Waals surface area (Å²) in [6.07, 6.45) is 1.65. The first-order chi connectivity index (χ1) is 17.7. The summed E-state index contributed by atoms with van der Waals surface area (Å²) >= 11 is 0. The van der Waals surface area contributed by atoms with Crippen LogP contribution in [0.15, 0.2) is 77.4 Å². The van der Waals surface area contributed by atoms with Crippen LogP contribution in [0.1, 0.15) is 53.4 Å². The van der Waals surface area contributed by atoms with Gasteiger partial charge in [0.15, 0.2) is 17.2 Å². The summed E-state index contributed by atoms with van der Waals surface area (Å²) < 4.78 is 21.5. The van der Waals surface area contributed by atoms with Crippen LogP contribution in [0.5, 0.6) is 11.5 Å². The number of benzene rings is 3. The van der Waals surface area contributed by atoms with E-state index in [0.717, 1.165) is 11.1 Å². The molecular formula is C30H29NO6. The minimum absolute atomic E-state index is 0.0296. The molecule has 0 atom stereocenters. The average Bonchev–Trinajstić information content (AvgIpc) is 3.27. The second-order valence-corrected chi connectivity index (χ2v) is 9.55. The Morgan fingerprint density at radius 3 is 2.27 bits per heavy atom. The number of rotatable bonds is 7. The Morgan fingerprint density at radius 2 is 1.65 bits per heavy atom. The molecule has 0 amide bonds. The van der Waals surface area contributed by atoms with E-state index in [2.05, 4.69) is 25.8 Å². The molecule has 3 aromatic carbocycles. The fourth-order valence-electron chi connectivity index (χ4n) is 3.71. The number of methoxy groups -OCH3 is 2. The van der Waals surface area contributed by atoms with Gasteiger partial charge >= 0.3 is 11.9 Å². The van der Waals surface area contributed by atoms with Crippen molar-refractivity contribution < 1.29 is 28.5 Å². The number of carbonyl (C=O) groups is 2. The highest BCUT2D eigenvalue weighted by Crippen LogP contribution is 2.31. The van der Waals surface area contributed by atoms with Gasteiger partial charge in [0.2, 0.25) is 5.90 Å². The molecule has 4 rings (SSSR count). The molecule has 7 heteroatoms. The second-order valence-electron chi connectivity index (χ2n) is 9.55. The summed E-state index contributed by atoms with van der Waals surface area (Å²) in [5, 5.41) is 0. The zero-order valence-corrected chi connectivity index (χ0v) is 21.5. The molecule has 0 unspecified atom stereocenters. The van der Waals surface area contributed by atoms with Crippen LogP contribution in [-0.4, -0.2) is 32.1 Å². The smallest absolute Gasteiger partial charge is 0.363 e. The van der Waals surface area contributed by atoms with Crippen molar-refractivity contribution in [2.45, 2.75) is 32.8 Å². The predicted octanol–water partition coefficient (Wildman–Crippen LogP) is 5.70. The summed E-state index contributed by atoms with van der Waals surface area (Å²) in [7, 11) is 2.89. The van der Waals surface area contributed by atoms with E-state index in [1.807, 2.05) is 30.3 Å². The van der Waals surface area contributed by atoms with Crippen molar-refractivity contribution in [2.75, 3.05) is 14.2 Å². The summed E-state index contributed by atoms with van der Waals surface area (Å²) in [5.74, 6) is 0.430. The normalized spacial score (nSPS) is 14.2. The molecule has 1 aliphatic heterocycles. The third-order valence-corrected chi connectivity index (χ3v) is 5.88. The molecule has 0 saturated heterocycles. The van der Waals surface area contributed by atoms with Gasteiger partial charge in [-0.1, -0.05) is 51.1 Å². The molecule has 0 radical (unpaired) electrons. The lowest BCUT2D eigenvalue weighted by Crippen LogP contribution is -2.11. The molecule has 1 heterocycles. The lowest BCUT2D eigenvalue weighted by atomic mass is 9.87. The minimum atomic E-state index is -0.510. The monoisotopic (exact) mass is 499 g/mol. The van der Waals surface area contributed by atoms with Gasteiger partial charge in [-0.3, -0.25) is 0 Å². The summed E-state index contributed by atoms with van der Waals surface area (Å²) in [6.45, 7) is 6.71. The SMILES string of the molecule is COC(=O)c1ccc(COc2ccc(C=C3N=C(c4ccc(C(C)(C)C)cc4)OC3=O)cc2OC)cc1. The van der Waals surface area contributed by atoms with Gasteiger partial charge < -0.3 is 18.9 Å². The molecule has 3 aromatic rings. The zero-order valence-electron chi connectivity index (χ0n) is 21.5. The van der Waals surface area contributed by atoms with Gasteiger partial charge in [-0.2, -0.15) is 0 Å². The molecule has 0 fully saturated rings. The second kappa shape index (κ2) is 10.7. The Balaban J connectivity index is 1.48. The maximum atomic E-state index is 12.5. The van der Waals surface area contributed by atoms with Crippen LogP contribution in [0.3, 0.4) is 0 Å². The fourth-order valence-corrected chi connectivity index (χ4v) is 3.71. The molecule has 1 aliphatic rings. The Labute approximate surface area is 216 Å². The van der Waals surface area contributed by atoms with Crippen molar-refractivity contribution in [2.24, 2.45) is 4.99 Å².